The van der Waals surface area contributed by atoms with Gasteiger partial charge in [-0.25, -0.2) is 4.98 Å². The molecule has 0 N–H and O–H groups in total. The second kappa shape index (κ2) is 4.72. The summed E-state index contributed by atoms with van der Waals surface area (Å²) in [5.74, 6) is 0. The third kappa shape index (κ3) is 5.01. The molecule has 0 spiro atoms. The highest BCUT2D eigenvalue weighted by Gasteiger charge is 2.09. The lowest BCUT2D eigenvalue weighted by atomic mass is 10.2. The molecule has 0 aliphatic carbocycles. The van der Waals surface area contributed by atoms with Crippen LogP contribution in [0.5, 0.6) is 0 Å². The Morgan fingerprint density at radius 2 is 2.31 bits per heavy atom. The number of hydrogen-bond donors (Lipinski definition) is 0. The van der Waals surface area contributed by atoms with Crippen LogP contribution in [0.15, 0.2) is 11.6 Å². The minimum atomic E-state index is -0.0310. The van der Waals surface area contributed by atoms with Crippen LogP contribution in [0.25, 0.3) is 0 Å². The van der Waals surface area contributed by atoms with Crippen molar-refractivity contribution in [3.8, 4) is 0 Å². The van der Waals surface area contributed by atoms with Gasteiger partial charge in [-0.05, 0) is 27.2 Å². The van der Waals surface area contributed by atoms with Gasteiger partial charge in [0, 0.05) is 24.6 Å². The first kappa shape index (κ1) is 10.7. The Hall–Kier alpha value is -0.410. The van der Waals surface area contributed by atoms with Gasteiger partial charge in [-0.1, -0.05) is 0 Å². The first-order valence-corrected chi connectivity index (χ1v) is 5.32. The van der Waals surface area contributed by atoms with Gasteiger partial charge >= 0.3 is 0 Å². The zero-order valence-corrected chi connectivity index (χ0v) is 9.23. The summed E-state index contributed by atoms with van der Waals surface area (Å²) >= 11 is 1.66. The zero-order chi connectivity index (χ0) is 9.73. The fraction of sp³-hybridized carbons (Fsp3) is 0.600. The SMILES string of the molecule is CC(C)(C)OCC[CH]c1nccs1. The number of thiazole rings is 1. The smallest absolute Gasteiger partial charge is 0.0963 e. The average molecular weight is 198 g/mol. The molecule has 0 aliphatic heterocycles. The van der Waals surface area contributed by atoms with Crippen molar-refractivity contribution in [1.29, 1.82) is 0 Å². The topological polar surface area (TPSA) is 22.1 Å². The molecule has 0 aromatic carbocycles. The number of rotatable bonds is 4. The van der Waals surface area contributed by atoms with E-state index in [-0.39, 0.29) is 5.60 Å². The van der Waals surface area contributed by atoms with Crippen LogP contribution in [-0.4, -0.2) is 17.2 Å². The maximum absolute atomic E-state index is 5.57. The molecule has 1 rings (SSSR count). The average Bonchev–Trinajstić information content (AvgIpc) is 2.48. The molecule has 0 saturated heterocycles. The molecule has 0 aliphatic rings. The lowest BCUT2D eigenvalue weighted by Gasteiger charge is -2.18. The van der Waals surface area contributed by atoms with E-state index in [9.17, 15) is 0 Å². The number of ether oxygens (including phenoxy) is 1. The minimum Gasteiger partial charge on any atom is -0.376 e. The summed E-state index contributed by atoms with van der Waals surface area (Å²) in [7, 11) is 0. The predicted molar refractivity (Wildman–Crippen MR) is 55.8 cm³/mol. The fourth-order valence-corrected chi connectivity index (χ4v) is 1.48. The molecule has 0 amide bonds. The van der Waals surface area contributed by atoms with E-state index in [0.29, 0.717) is 0 Å². The molecule has 73 valence electrons. The fourth-order valence-electron chi connectivity index (χ4n) is 0.883. The van der Waals surface area contributed by atoms with Crippen LogP contribution in [0.1, 0.15) is 32.2 Å². The maximum Gasteiger partial charge on any atom is 0.0963 e. The molecule has 0 saturated carbocycles. The van der Waals surface area contributed by atoms with Gasteiger partial charge in [0.15, 0.2) is 0 Å². The standard InChI is InChI=1S/C10H16NOS/c1-10(2,3)12-7-4-5-9-11-6-8-13-9/h5-6,8H,4,7H2,1-3H3. The highest BCUT2D eigenvalue weighted by molar-refractivity contribution is 7.09. The number of hydrogen-bond acceptors (Lipinski definition) is 3. The van der Waals surface area contributed by atoms with Crippen molar-refractivity contribution in [2.24, 2.45) is 0 Å². The Morgan fingerprint density at radius 1 is 1.54 bits per heavy atom. The Morgan fingerprint density at radius 3 is 2.85 bits per heavy atom. The predicted octanol–water partition coefficient (Wildman–Crippen LogP) is 2.90. The van der Waals surface area contributed by atoms with E-state index in [1.807, 2.05) is 11.6 Å². The summed E-state index contributed by atoms with van der Waals surface area (Å²) in [4.78, 5) is 4.16. The molecular formula is C10H16NOS. The van der Waals surface area contributed by atoms with Crippen LogP contribution in [0.3, 0.4) is 0 Å². The number of aromatic nitrogens is 1. The summed E-state index contributed by atoms with van der Waals surface area (Å²) in [5.41, 5.74) is -0.0310. The van der Waals surface area contributed by atoms with E-state index in [4.69, 9.17) is 4.74 Å². The highest BCUT2D eigenvalue weighted by Crippen LogP contribution is 2.11. The normalized spacial score (nSPS) is 11.9. The molecule has 0 atom stereocenters. The van der Waals surface area contributed by atoms with Crippen molar-refractivity contribution in [3.63, 3.8) is 0 Å². The van der Waals surface area contributed by atoms with Crippen molar-refractivity contribution in [2.75, 3.05) is 6.61 Å². The maximum atomic E-state index is 5.57. The first-order valence-electron chi connectivity index (χ1n) is 4.44. The lowest BCUT2D eigenvalue weighted by Crippen LogP contribution is -2.19. The van der Waals surface area contributed by atoms with Crippen molar-refractivity contribution >= 4 is 11.3 Å². The Kier molecular flexibility index (Phi) is 3.88. The number of nitrogens with zero attached hydrogens (tertiary/aromatic N) is 1. The van der Waals surface area contributed by atoms with Gasteiger partial charge < -0.3 is 4.74 Å². The van der Waals surface area contributed by atoms with Gasteiger partial charge in [0.2, 0.25) is 0 Å². The van der Waals surface area contributed by atoms with Crippen molar-refractivity contribution in [2.45, 2.75) is 32.8 Å². The van der Waals surface area contributed by atoms with E-state index in [0.717, 1.165) is 18.0 Å². The summed E-state index contributed by atoms with van der Waals surface area (Å²) in [6, 6.07) is 0. The van der Waals surface area contributed by atoms with Crippen LogP contribution in [-0.2, 0) is 4.74 Å². The molecule has 0 bridgehead atoms. The molecule has 0 unspecified atom stereocenters. The molecule has 1 heterocycles. The van der Waals surface area contributed by atoms with Crippen LogP contribution in [0.4, 0.5) is 0 Å². The van der Waals surface area contributed by atoms with Crippen molar-refractivity contribution in [1.82, 2.24) is 4.98 Å². The van der Waals surface area contributed by atoms with Gasteiger partial charge in [-0.15, -0.1) is 11.3 Å². The van der Waals surface area contributed by atoms with Crippen LogP contribution in [0.2, 0.25) is 0 Å². The monoisotopic (exact) mass is 198 g/mol. The Balaban J connectivity index is 2.09. The van der Waals surface area contributed by atoms with Crippen LogP contribution in [0, 0.1) is 6.42 Å². The van der Waals surface area contributed by atoms with Crippen molar-refractivity contribution in [3.05, 3.63) is 23.0 Å². The summed E-state index contributed by atoms with van der Waals surface area (Å²) in [6.07, 6.45) is 4.86. The van der Waals surface area contributed by atoms with Gasteiger partial charge in [-0.2, -0.15) is 0 Å². The second-order valence-electron chi connectivity index (χ2n) is 3.82. The largest absolute Gasteiger partial charge is 0.376 e. The molecule has 1 aromatic rings. The molecule has 1 radical (unpaired) electrons. The van der Waals surface area contributed by atoms with Crippen LogP contribution < -0.4 is 0 Å². The quantitative estimate of drug-likeness (QED) is 0.694. The Labute approximate surface area is 84.0 Å². The molecular weight excluding hydrogens is 182 g/mol. The van der Waals surface area contributed by atoms with Crippen LogP contribution >= 0.6 is 11.3 Å². The molecule has 1 aromatic heterocycles. The van der Waals surface area contributed by atoms with Gasteiger partial charge in [0.05, 0.1) is 10.6 Å². The first-order chi connectivity index (χ1) is 6.08. The van der Waals surface area contributed by atoms with E-state index in [1.165, 1.54) is 0 Å². The molecule has 3 heteroatoms. The van der Waals surface area contributed by atoms with Gasteiger partial charge in [0.25, 0.3) is 0 Å². The molecule has 0 fully saturated rings. The summed E-state index contributed by atoms with van der Waals surface area (Å²) in [5, 5.41) is 3.06. The lowest BCUT2D eigenvalue weighted by molar-refractivity contribution is -0.00106. The Bertz CT molecular complexity index is 226. The van der Waals surface area contributed by atoms with E-state index < -0.39 is 0 Å². The van der Waals surface area contributed by atoms with Crippen molar-refractivity contribution < 1.29 is 4.74 Å². The van der Waals surface area contributed by atoms with Gasteiger partial charge in [-0.3, -0.25) is 0 Å². The second-order valence-corrected chi connectivity index (χ2v) is 4.75. The summed E-state index contributed by atoms with van der Waals surface area (Å²) < 4.78 is 5.57. The van der Waals surface area contributed by atoms with E-state index >= 15 is 0 Å². The summed E-state index contributed by atoms with van der Waals surface area (Å²) in [6.45, 7) is 6.96. The molecule has 13 heavy (non-hydrogen) atoms. The molecule has 2 nitrogen and oxygen atoms in total. The zero-order valence-electron chi connectivity index (χ0n) is 8.41. The highest BCUT2D eigenvalue weighted by atomic mass is 32.1. The van der Waals surface area contributed by atoms with E-state index in [2.05, 4.69) is 32.2 Å². The minimum absolute atomic E-state index is 0.0310. The third-order valence-corrected chi connectivity index (χ3v) is 2.19. The van der Waals surface area contributed by atoms with E-state index in [1.54, 1.807) is 11.3 Å². The third-order valence-electron chi connectivity index (χ3n) is 1.42. The van der Waals surface area contributed by atoms with Gasteiger partial charge in [0.1, 0.15) is 0 Å².